The number of fused-ring (bicyclic) bond motifs is 1. The van der Waals surface area contributed by atoms with E-state index in [1.165, 1.54) is 56.7 Å². The zero-order valence-electron chi connectivity index (χ0n) is 19.2. The molecule has 172 valence electrons. The van der Waals surface area contributed by atoms with Crippen LogP contribution in [0, 0.1) is 5.82 Å². The number of methoxy groups -OCH3 is 2. The monoisotopic (exact) mass is 484 g/mol. The fourth-order valence-electron chi connectivity index (χ4n) is 3.58. The van der Waals surface area contributed by atoms with Crippen LogP contribution in [-0.4, -0.2) is 36.3 Å². The van der Waals surface area contributed by atoms with Crippen molar-refractivity contribution < 1.29 is 62.7 Å². The SMILES string of the molecule is COc1ccc(C(=O)C(Cc2ccc(OC)c(F)c2)=C(C(=O)[O-])c2ccc3nonc3c2)cc1.[Na+]. The van der Waals surface area contributed by atoms with Crippen LogP contribution in [0.15, 0.2) is 70.9 Å². The number of aromatic nitrogens is 2. The van der Waals surface area contributed by atoms with Crippen LogP contribution in [0.1, 0.15) is 21.5 Å². The number of benzene rings is 3. The topological polar surface area (TPSA) is 115 Å². The van der Waals surface area contributed by atoms with Gasteiger partial charge in [-0.05, 0) is 70.0 Å². The molecule has 0 fully saturated rings. The Morgan fingerprint density at radius 2 is 1.60 bits per heavy atom. The summed E-state index contributed by atoms with van der Waals surface area (Å²) in [6, 6.07) is 14.8. The molecule has 0 amide bonds. The number of halogens is 1. The zero-order valence-corrected chi connectivity index (χ0v) is 21.2. The number of carbonyl (C=O) groups is 2. The van der Waals surface area contributed by atoms with Gasteiger partial charge in [-0.1, -0.05) is 12.1 Å². The summed E-state index contributed by atoms with van der Waals surface area (Å²) in [5, 5.41) is 19.8. The first kappa shape index (κ1) is 26.1. The number of aliphatic carboxylic acids is 1. The van der Waals surface area contributed by atoms with Crippen LogP contribution in [0.2, 0.25) is 0 Å². The number of carboxylic acid groups (broad SMARTS) is 1. The van der Waals surface area contributed by atoms with E-state index in [0.717, 1.165) is 0 Å². The van der Waals surface area contributed by atoms with E-state index in [4.69, 9.17) is 9.47 Å². The van der Waals surface area contributed by atoms with E-state index in [0.29, 0.717) is 22.3 Å². The molecule has 35 heavy (non-hydrogen) atoms. The molecule has 0 bridgehead atoms. The Kier molecular flexibility index (Phi) is 8.39. The fourth-order valence-corrected chi connectivity index (χ4v) is 3.58. The number of Topliss-reactive ketones (excluding diaryl/α,β-unsaturated/α-hetero) is 1. The van der Waals surface area contributed by atoms with E-state index < -0.39 is 17.6 Å². The van der Waals surface area contributed by atoms with Gasteiger partial charge in [0, 0.05) is 23.1 Å². The van der Waals surface area contributed by atoms with Gasteiger partial charge in [0.05, 0.1) is 20.2 Å². The second kappa shape index (κ2) is 11.3. The first-order valence-electron chi connectivity index (χ1n) is 10.1. The Hall–Kier alpha value is -3.53. The molecule has 10 heteroatoms. The van der Waals surface area contributed by atoms with Gasteiger partial charge >= 0.3 is 29.6 Å². The second-order valence-electron chi connectivity index (χ2n) is 7.31. The van der Waals surface area contributed by atoms with E-state index in [-0.39, 0.29) is 64.0 Å². The third kappa shape index (κ3) is 5.59. The molecule has 3 aromatic carbocycles. The Morgan fingerprint density at radius 1 is 0.914 bits per heavy atom. The number of carbonyl (C=O) groups excluding carboxylic acids is 2. The molecule has 4 rings (SSSR count). The molecule has 0 aliphatic rings. The van der Waals surface area contributed by atoms with Gasteiger partial charge in [0.2, 0.25) is 0 Å². The van der Waals surface area contributed by atoms with Crippen LogP contribution < -0.4 is 44.1 Å². The van der Waals surface area contributed by atoms with Crippen molar-refractivity contribution in [2.24, 2.45) is 0 Å². The second-order valence-corrected chi connectivity index (χ2v) is 7.31. The maximum atomic E-state index is 14.3. The van der Waals surface area contributed by atoms with Crippen molar-refractivity contribution in [2.75, 3.05) is 14.2 Å². The van der Waals surface area contributed by atoms with E-state index in [9.17, 15) is 19.1 Å². The van der Waals surface area contributed by atoms with Gasteiger partial charge in [0.1, 0.15) is 16.8 Å². The fraction of sp³-hybridized carbons (Fsp3) is 0.120. The van der Waals surface area contributed by atoms with Gasteiger partial charge in [-0.25, -0.2) is 9.02 Å². The number of ether oxygens (including phenoxy) is 2. The standard InChI is InChI=1S/C25H19FN2O6.Na/c1-32-17-7-4-15(5-8-17)24(29)18(11-14-3-10-22(33-2)19(26)12-14)23(25(30)31)16-6-9-20-21(13-16)28-34-27-20;/h3-10,12-13H,11H2,1-2H3,(H,30,31);/q;+1/p-1. The van der Waals surface area contributed by atoms with Crippen molar-refractivity contribution in [3.63, 3.8) is 0 Å². The molecule has 0 spiro atoms. The van der Waals surface area contributed by atoms with Gasteiger partial charge in [0.15, 0.2) is 17.3 Å². The summed E-state index contributed by atoms with van der Waals surface area (Å²) in [6.45, 7) is 0. The minimum Gasteiger partial charge on any atom is -0.545 e. The molecule has 0 saturated carbocycles. The van der Waals surface area contributed by atoms with Crippen molar-refractivity contribution in [3.8, 4) is 11.5 Å². The molecule has 0 atom stereocenters. The molecule has 8 nitrogen and oxygen atoms in total. The summed E-state index contributed by atoms with van der Waals surface area (Å²) in [7, 11) is 2.82. The first-order valence-corrected chi connectivity index (χ1v) is 10.1. The summed E-state index contributed by atoms with van der Waals surface area (Å²) in [5.74, 6) is -2.21. The Balaban J connectivity index is 0.00000342. The molecular weight excluding hydrogens is 466 g/mol. The van der Waals surface area contributed by atoms with E-state index in [2.05, 4.69) is 14.9 Å². The predicted molar refractivity (Wildman–Crippen MR) is 118 cm³/mol. The van der Waals surface area contributed by atoms with Crippen molar-refractivity contribution in [2.45, 2.75) is 6.42 Å². The summed E-state index contributed by atoms with van der Waals surface area (Å²) in [4.78, 5) is 25.8. The molecule has 0 aliphatic carbocycles. The number of hydrogen-bond donors (Lipinski definition) is 0. The van der Waals surface area contributed by atoms with E-state index in [1.807, 2.05) is 0 Å². The van der Waals surface area contributed by atoms with Crippen LogP contribution in [0.4, 0.5) is 4.39 Å². The number of carboxylic acids is 1. The normalized spacial score (nSPS) is 11.4. The Bertz CT molecular complexity index is 1420. The average Bonchev–Trinajstić information content (AvgIpc) is 3.31. The maximum absolute atomic E-state index is 14.3. The van der Waals surface area contributed by atoms with Gasteiger partial charge in [-0.15, -0.1) is 0 Å². The summed E-state index contributed by atoms with van der Waals surface area (Å²) < 4.78 is 29.1. The average molecular weight is 484 g/mol. The smallest absolute Gasteiger partial charge is 0.545 e. The van der Waals surface area contributed by atoms with Crippen LogP contribution in [0.3, 0.4) is 0 Å². The van der Waals surface area contributed by atoms with Crippen LogP contribution in [0.5, 0.6) is 11.5 Å². The zero-order chi connectivity index (χ0) is 24.2. The van der Waals surface area contributed by atoms with Crippen molar-refractivity contribution >= 4 is 28.4 Å². The Labute approximate surface area is 221 Å². The minimum atomic E-state index is -1.57. The van der Waals surface area contributed by atoms with Crippen LogP contribution >= 0.6 is 0 Å². The van der Waals surface area contributed by atoms with Crippen LogP contribution in [0.25, 0.3) is 16.6 Å². The first-order chi connectivity index (χ1) is 16.4. The Morgan fingerprint density at radius 3 is 2.23 bits per heavy atom. The molecule has 0 radical (unpaired) electrons. The molecule has 0 aliphatic heterocycles. The molecule has 1 heterocycles. The number of allylic oxidation sites excluding steroid dienone is 1. The third-order valence-corrected chi connectivity index (χ3v) is 5.27. The largest absolute Gasteiger partial charge is 1.00 e. The predicted octanol–water partition coefficient (Wildman–Crippen LogP) is 0.0122. The van der Waals surface area contributed by atoms with E-state index in [1.54, 1.807) is 18.2 Å². The van der Waals surface area contributed by atoms with Gasteiger partial charge in [-0.3, -0.25) is 4.79 Å². The van der Waals surface area contributed by atoms with Crippen molar-refractivity contribution in [1.29, 1.82) is 0 Å². The van der Waals surface area contributed by atoms with E-state index >= 15 is 0 Å². The van der Waals surface area contributed by atoms with Gasteiger partial charge in [0.25, 0.3) is 0 Å². The van der Waals surface area contributed by atoms with Crippen molar-refractivity contribution in [3.05, 3.63) is 88.7 Å². The summed E-state index contributed by atoms with van der Waals surface area (Å²) in [5.41, 5.74) is 1.07. The minimum absolute atomic E-state index is 0. The molecule has 4 aromatic rings. The summed E-state index contributed by atoms with van der Waals surface area (Å²) in [6.07, 6.45) is -0.176. The number of nitrogens with zero attached hydrogens (tertiary/aromatic N) is 2. The quantitative estimate of drug-likeness (QED) is 0.195. The van der Waals surface area contributed by atoms with Gasteiger partial charge < -0.3 is 19.4 Å². The molecule has 0 saturated heterocycles. The van der Waals surface area contributed by atoms with Crippen molar-refractivity contribution in [1.82, 2.24) is 10.3 Å². The number of hydrogen-bond acceptors (Lipinski definition) is 8. The van der Waals surface area contributed by atoms with Gasteiger partial charge in [-0.2, -0.15) is 0 Å². The molecule has 0 unspecified atom stereocenters. The molecule has 1 aromatic heterocycles. The summed E-state index contributed by atoms with van der Waals surface area (Å²) >= 11 is 0. The number of ketones is 1. The number of rotatable bonds is 8. The molecule has 0 N–H and O–H groups in total. The third-order valence-electron chi connectivity index (χ3n) is 5.27. The van der Waals surface area contributed by atoms with Crippen LogP contribution in [-0.2, 0) is 11.2 Å². The maximum Gasteiger partial charge on any atom is 1.00 e. The molecular formula is C25H18FN2NaO6.